The van der Waals surface area contributed by atoms with Gasteiger partial charge in [0.15, 0.2) is 0 Å². The molecular weight excluding hydrogens is 266 g/mol. The van der Waals surface area contributed by atoms with E-state index in [9.17, 15) is 4.79 Å². The van der Waals surface area contributed by atoms with Gasteiger partial charge in [-0.25, -0.2) is 0 Å². The van der Waals surface area contributed by atoms with E-state index in [1.54, 1.807) is 48.5 Å². The van der Waals surface area contributed by atoms with Crippen LogP contribution in [0.5, 0.6) is 5.75 Å². The number of benzene rings is 2. The number of hydrogen-bond donors (Lipinski definition) is 2. The molecule has 0 aliphatic rings. The number of nitrogens with zero attached hydrogens (tertiary/aromatic N) is 1. The van der Waals surface area contributed by atoms with Crippen molar-refractivity contribution in [2.75, 3.05) is 18.5 Å². The Kier molecular flexibility index (Phi) is 4.91. The zero-order valence-electron chi connectivity index (χ0n) is 11.4. The fraction of sp³-hybridized carbons (Fsp3) is 0.125. The third-order valence-electron chi connectivity index (χ3n) is 2.75. The van der Waals surface area contributed by atoms with Crippen LogP contribution in [-0.2, 0) is 0 Å². The minimum atomic E-state index is -0.240. The molecule has 106 valence electrons. The Hall–Kier alpha value is -2.84. The third kappa shape index (κ3) is 4.06. The average Bonchev–Trinajstić information content (AvgIpc) is 2.53. The Morgan fingerprint density at radius 3 is 2.67 bits per heavy atom. The molecule has 0 bridgehead atoms. The summed E-state index contributed by atoms with van der Waals surface area (Å²) in [6.07, 6.45) is 0. The van der Waals surface area contributed by atoms with Gasteiger partial charge >= 0.3 is 0 Å². The van der Waals surface area contributed by atoms with Crippen molar-refractivity contribution in [3.8, 4) is 11.8 Å². The lowest BCUT2D eigenvalue weighted by Gasteiger charge is -2.08. The predicted octanol–water partition coefficient (Wildman–Crippen LogP) is 2.15. The van der Waals surface area contributed by atoms with Crippen molar-refractivity contribution in [1.82, 2.24) is 0 Å². The number of nitriles is 1. The lowest BCUT2D eigenvalue weighted by Crippen LogP contribution is -2.13. The van der Waals surface area contributed by atoms with Crippen molar-refractivity contribution in [2.45, 2.75) is 0 Å². The van der Waals surface area contributed by atoms with Crippen molar-refractivity contribution in [1.29, 1.82) is 5.26 Å². The second-order valence-electron chi connectivity index (χ2n) is 4.31. The van der Waals surface area contributed by atoms with Crippen LogP contribution in [0.2, 0.25) is 0 Å². The molecule has 0 fully saturated rings. The number of ether oxygens (including phenoxy) is 1. The number of carbonyl (C=O) groups excluding carboxylic acids is 1. The summed E-state index contributed by atoms with van der Waals surface area (Å²) in [5.74, 6) is 0.411. The molecule has 2 aromatic carbocycles. The van der Waals surface area contributed by atoms with E-state index >= 15 is 0 Å². The van der Waals surface area contributed by atoms with Crippen LogP contribution in [0.25, 0.3) is 0 Å². The molecule has 0 heterocycles. The van der Waals surface area contributed by atoms with E-state index in [-0.39, 0.29) is 5.91 Å². The molecule has 1 amide bonds. The zero-order valence-corrected chi connectivity index (χ0v) is 11.4. The molecule has 3 N–H and O–H groups in total. The summed E-state index contributed by atoms with van der Waals surface area (Å²) < 4.78 is 5.40. The Morgan fingerprint density at radius 2 is 2.00 bits per heavy atom. The number of hydrogen-bond acceptors (Lipinski definition) is 4. The molecule has 5 heteroatoms. The fourth-order valence-electron chi connectivity index (χ4n) is 1.74. The molecule has 0 aliphatic heterocycles. The fourth-order valence-corrected chi connectivity index (χ4v) is 1.74. The van der Waals surface area contributed by atoms with Gasteiger partial charge in [0.25, 0.3) is 5.91 Å². The zero-order chi connectivity index (χ0) is 15.1. The van der Waals surface area contributed by atoms with Crippen LogP contribution < -0.4 is 15.8 Å². The molecule has 0 saturated carbocycles. The maximum atomic E-state index is 12.1. The molecule has 0 aliphatic carbocycles. The van der Waals surface area contributed by atoms with Gasteiger partial charge in [-0.05, 0) is 36.4 Å². The molecule has 2 aromatic rings. The molecule has 0 saturated heterocycles. The average molecular weight is 281 g/mol. The van der Waals surface area contributed by atoms with E-state index in [0.717, 1.165) is 0 Å². The second kappa shape index (κ2) is 7.08. The molecule has 0 atom stereocenters. The van der Waals surface area contributed by atoms with E-state index < -0.39 is 0 Å². The van der Waals surface area contributed by atoms with Crippen LogP contribution in [0.3, 0.4) is 0 Å². The minimum absolute atomic E-state index is 0.240. The predicted molar refractivity (Wildman–Crippen MR) is 80.1 cm³/mol. The summed E-state index contributed by atoms with van der Waals surface area (Å²) in [7, 11) is 0. The molecule has 21 heavy (non-hydrogen) atoms. The largest absolute Gasteiger partial charge is 0.492 e. The summed E-state index contributed by atoms with van der Waals surface area (Å²) in [6.45, 7) is 0.856. The quantitative estimate of drug-likeness (QED) is 0.879. The summed E-state index contributed by atoms with van der Waals surface area (Å²) in [5.41, 5.74) is 7.02. The Bertz CT molecular complexity index is 660. The molecular formula is C16H15N3O2. The number of nitrogens with two attached hydrogens (primary N) is 1. The molecule has 0 aromatic heterocycles. The maximum absolute atomic E-state index is 12.1. The van der Waals surface area contributed by atoms with Crippen LogP contribution in [0, 0.1) is 11.3 Å². The molecule has 2 rings (SSSR count). The van der Waals surface area contributed by atoms with Crippen molar-refractivity contribution >= 4 is 11.6 Å². The topological polar surface area (TPSA) is 88.1 Å². The van der Waals surface area contributed by atoms with Crippen LogP contribution in [0.15, 0.2) is 48.5 Å². The summed E-state index contributed by atoms with van der Waals surface area (Å²) >= 11 is 0. The van der Waals surface area contributed by atoms with Crippen molar-refractivity contribution in [3.05, 3.63) is 59.7 Å². The van der Waals surface area contributed by atoms with Gasteiger partial charge in [0.05, 0.1) is 11.6 Å². The monoisotopic (exact) mass is 281 g/mol. The third-order valence-corrected chi connectivity index (χ3v) is 2.75. The van der Waals surface area contributed by atoms with E-state index in [1.807, 2.05) is 6.07 Å². The van der Waals surface area contributed by atoms with Crippen LogP contribution in [0.1, 0.15) is 15.9 Å². The highest BCUT2D eigenvalue weighted by molar-refractivity contribution is 6.04. The Labute approximate surface area is 123 Å². The summed E-state index contributed by atoms with van der Waals surface area (Å²) in [6, 6.07) is 15.6. The Balaban J connectivity index is 2.06. The number of carbonyl (C=O) groups is 1. The molecule has 0 unspecified atom stereocenters. The Morgan fingerprint density at radius 1 is 1.24 bits per heavy atom. The smallest absolute Gasteiger partial charge is 0.255 e. The van der Waals surface area contributed by atoms with Gasteiger partial charge in [0.2, 0.25) is 0 Å². The van der Waals surface area contributed by atoms with Crippen LogP contribution in [-0.4, -0.2) is 19.1 Å². The highest BCUT2D eigenvalue weighted by Crippen LogP contribution is 2.18. The highest BCUT2D eigenvalue weighted by Gasteiger charge is 2.06. The number of anilines is 1. The summed E-state index contributed by atoms with van der Waals surface area (Å²) in [5, 5.41) is 11.5. The normalized spacial score (nSPS) is 9.71. The number of amides is 1. The first-order valence-corrected chi connectivity index (χ1v) is 6.47. The first kappa shape index (κ1) is 14.6. The highest BCUT2D eigenvalue weighted by atomic mass is 16.5. The maximum Gasteiger partial charge on any atom is 0.255 e. The van der Waals surface area contributed by atoms with Gasteiger partial charge in [0, 0.05) is 23.9 Å². The standard InChI is InChI=1S/C16H15N3O2/c17-8-9-21-15-3-1-2-14(10-15)19-16(20)13-6-4-12(11-18)5-7-13/h1-7,10H,8-9,17H2,(H,19,20). The van der Waals surface area contributed by atoms with E-state index in [4.69, 9.17) is 15.7 Å². The molecule has 0 spiro atoms. The SMILES string of the molecule is N#Cc1ccc(C(=O)Nc2cccc(OCCN)c2)cc1. The van der Waals surface area contributed by atoms with Gasteiger partial charge in [0.1, 0.15) is 12.4 Å². The van der Waals surface area contributed by atoms with Crippen molar-refractivity contribution in [2.24, 2.45) is 5.73 Å². The van der Waals surface area contributed by atoms with E-state index in [0.29, 0.717) is 35.7 Å². The minimum Gasteiger partial charge on any atom is -0.492 e. The lowest BCUT2D eigenvalue weighted by molar-refractivity contribution is 0.102. The van der Waals surface area contributed by atoms with E-state index in [1.165, 1.54) is 0 Å². The second-order valence-corrected chi connectivity index (χ2v) is 4.31. The first-order chi connectivity index (χ1) is 10.2. The van der Waals surface area contributed by atoms with Gasteiger partial charge in [-0.1, -0.05) is 6.07 Å². The molecule has 0 radical (unpaired) electrons. The summed E-state index contributed by atoms with van der Waals surface area (Å²) in [4.78, 5) is 12.1. The van der Waals surface area contributed by atoms with Gasteiger partial charge in [-0.3, -0.25) is 4.79 Å². The van der Waals surface area contributed by atoms with Crippen molar-refractivity contribution < 1.29 is 9.53 Å². The van der Waals surface area contributed by atoms with Crippen LogP contribution in [0.4, 0.5) is 5.69 Å². The molecule has 5 nitrogen and oxygen atoms in total. The number of rotatable bonds is 5. The van der Waals surface area contributed by atoms with Gasteiger partial charge in [-0.2, -0.15) is 5.26 Å². The van der Waals surface area contributed by atoms with Crippen LogP contribution >= 0.6 is 0 Å². The first-order valence-electron chi connectivity index (χ1n) is 6.47. The van der Waals surface area contributed by atoms with E-state index in [2.05, 4.69) is 5.32 Å². The lowest BCUT2D eigenvalue weighted by atomic mass is 10.1. The van der Waals surface area contributed by atoms with Crippen molar-refractivity contribution in [3.63, 3.8) is 0 Å². The van der Waals surface area contributed by atoms with Gasteiger partial charge < -0.3 is 15.8 Å². The van der Waals surface area contributed by atoms with Gasteiger partial charge in [-0.15, -0.1) is 0 Å². The number of nitrogens with one attached hydrogen (secondary N) is 1.